The molecule has 4 fully saturated rings. The molecule has 0 amide bonds. The largest absolute Gasteiger partial charge is 0.299 e. The van der Waals surface area contributed by atoms with Crippen molar-refractivity contribution in [3.63, 3.8) is 0 Å². The fourth-order valence-electron chi connectivity index (χ4n) is 7.07. The van der Waals surface area contributed by atoms with E-state index in [1.807, 2.05) is 0 Å². The highest BCUT2D eigenvalue weighted by atomic mass is 16.1. The van der Waals surface area contributed by atoms with Gasteiger partial charge in [-0.25, -0.2) is 0 Å². The molecule has 0 unspecified atom stereocenters. The molecular weight excluding hydrogens is 244 g/mol. The molecule has 112 valence electrons. The Bertz CT molecular complexity index is 427. The number of carbonyl (C=O) groups excluding carboxylic acids is 1. The summed E-state index contributed by atoms with van der Waals surface area (Å²) in [5.74, 6) is 4.13. The molecule has 20 heavy (non-hydrogen) atoms. The van der Waals surface area contributed by atoms with E-state index in [-0.39, 0.29) is 5.41 Å². The number of fused-ring (bicyclic) bond motifs is 5. The van der Waals surface area contributed by atoms with Crippen molar-refractivity contribution in [3.05, 3.63) is 0 Å². The van der Waals surface area contributed by atoms with Gasteiger partial charge in [0.05, 0.1) is 0 Å². The third-order valence-electron chi connectivity index (χ3n) is 8.29. The summed E-state index contributed by atoms with van der Waals surface area (Å²) in [5, 5.41) is 0. The van der Waals surface area contributed by atoms with E-state index in [9.17, 15) is 4.79 Å². The second kappa shape index (κ2) is 4.34. The molecule has 0 aliphatic heterocycles. The lowest BCUT2D eigenvalue weighted by Crippen LogP contribution is -2.52. The van der Waals surface area contributed by atoms with Gasteiger partial charge in [0.2, 0.25) is 0 Å². The summed E-state index contributed by atoms with van der Waals surface area (Å²) in [6.45, 7) is 4.92. The standard InChI is InChI=1S/C19H30O/c1-18-11-4-3-5-13(18)6-7-14-15-8-9-17(20)19(15,2)12-10-16(14)18/h13-16H,3-12H2,1-2H3/t13-,14-,15-,16-,18+,19-/m1/s1. The van der Waals surface area contributed by atoms with E-state index in [2.05, 4.69) is 13.8 Å². The molecule has 4 aliphatic carbocycles. The highest BCUT2D eigenvalue weighted by Crippen LogP contribution is 2.65. The lowest BCUT2D eigenvalue weighted by atomic mass is 9.45. The molecule has 6 atom stereocenters. The molecule has 0 aromatic carbocycles. The summed E-state index contributed by atoms with van der Waals surface area (Å²) in [5.41, 5.74) is 0.688. The van der Waals surface area contributed by atoms with Crippen molar-refractivity contribution in [2.24, 2.45) is 34.5 Å². The number of rotatable bonds is 0. The number of hydrogen-bond acceptors (Lipinski definition) is 1. The first-order valence-electron chi connectivity index (χ1n) is 9.09. The molecule has 0 heterocycles. The Morgan fingerprint density at radius 1 is 0.900 bits per heavy atom. The van der Waals surface area contributed by atoms with Crippen LogP contribution in [0.4, 0.5) is 0 Å². The fourth-order valence-corrected chi connectivity index (χ4v) is 7.07. The van der Waals surface area contributed by atoms with Gasteiger partial charge in [0, 0.05) is 11.8 Å². The van der Waals surface area contributed by atoms with Gasteiger partial charge in [0.15, 0.2) is 0 Å². The average molecular weight is 274 g/mol. The predicted octanol–water partition coefficient (Wildman–Crippen LogP) is 4.99. The predicted molar refractivity (Wildman–Crippen MR) is 81.4 cm³/mol. The smallest absolute Gasteiger partial charge is 0.139 e. The third kappa shape index (κ3) is 1.58. The molecule has 0 bridgehead atoms. The monoisotopic (exact) mass is 274 g/mol. The molecule has 0 aromatic heterocycles. The zero-order chi connectivity index (χ0) is 14.0. The van der Waals surface area contributed by atoms with Gasteiger partial charge in [-0.1, -0.05) is 26.7 Å². The topological polar surface area (TPSA) is 17.1 Å². The van der Waals surface area contributed by atoms with Gasteiger partial charge in [0.25, 0.3) is 0 Å². The minimum atomic E-state index is 0.0685. The van der Waals surface area contributed by atoms with Gasteiger partial charge >= 0.3 is 0 Å². The minimum Gasteiger partial charge on any atom is -0.299 e. The van der Waals surface area contributed by atoms with Crippen LogP contribution in [0, 0.1) is 34.5 Å². The van der Waals surface area contributed by atoms with Crippen LogP contribution in [-0.2, 0) is 4.79 Å². The average Bonchev–Trinajstić information content (AvgIpc) is 2.74. The van der Waals surface area contributed by atoms with Crippen molar-refractivity contribution in [1.29, 1.82) is 0 Å². The molecule has 0 N–H and O–H groups in total. The first-order valence-corrected chi connectivity index (χ1v) is 9.09. The van der Waals surface area contributed by atoms with Crippen LogP contribution in [-0.4, -0.2) is 5.78 Å². The van der Waals surface area contributed by atoms with Crippen molar-refractivity contribution in [1.82, 2.24) is 0 Å². The summed E-state index contributed by atoms with van der Waals surface area (Å²) in [6, 6.07) is 0. The zero-order valence-electron chi connectivity index (χ0n) is 13.3. The Balaban J connectivity index is 1.66. The first kappa shape index (κ1) is 13.3. The normalized spacial score (nSPS) is 55.0. The highest BCUT2D eigenvalue weighted by Gasteiger charge is 2.59. The van der Waals surface area contributed by atoms with Gasteiger partial charge in [-0.05, 0) is 74.0 Å². The molecule has 0 spiro atoms. The first-order chi connectivity index (χ1) is 9.56. The van der Waals surface area contributed by atoms with E-state index >= 15 is 0 Å². The Kier molecular flexibility index (Phi) is 2.89. The Morgan fingerprint density at radius 2 is 1.75 bits per heavy atom. The zero-order valence-corrected chi connectivity index (χ0v) is 13.3. The van der Waals surface area contributed by atoms with Crippen LogP contribution < -0.4 is 0 Å². The number of Topliss-reactive ketones (excluding diaryl/α,β-unsaturated/α-hetero) is 1. The van der Waals surface area contributed by atoms with Crippen molar-refractivity contribution < 1.29 is 4.79 Å². The second-order valence-electron chi connectivity index (χ2n) is 8.82. The second-order valence-corrected chi connectivity index (χ2v) is 8.82. The van der Waals surface area contributed by atoms with Gasteiger partial charge in [-0.3, -0.25) is 4.79 Å². The van der Waals surface area contributed by atoms with Gasteiger partial charge < -0.3 is 0 Å². The van der Waals surface area contributed by atoms with E-state index < -0.39 is 0 Å². The molecule has 4 rings (SSSR count). The van der Waals surface area contributed by atoms with E-state index in [1.165, 1.54) is 57.8 Å². The Hall–Kier alpha value is -0.330. The minimum absolute atomic E-state index is 0.0685. The maximum Gasteiger partial charge on any atom is 0.139 e. The summed E-state index contributed by atoms with van der Waals surface area (Å²) in [7, 11) is 0. The van der Waals surface area contributed by atoms with Crippen molar-refractivity contribution in [2.45, 2.75) is 78.1 Å². The van der Waals surface area contributed by atoms with Crippen LogP contribution in [0.5, 0.6) is 0 Å². The molecule has 0 radical (unpaired) electrons. The van der Waals surface area contributed by atoms with E-state index in [4.69, 9.17) is 0 Å². The van der Waals surface area contributed by atoms with E-state index in [0.717, 1.165) is 30.1 Å². The van der Waals surface area contributed by atoms with E-state index in [0.29, 0.717) is 11.2 Å². The lowest BCUT2D eigenvalue weighted by Gasteiger charge is -2.59. The maximum atomic E-state index is 12.4. The summed E-state index contributed by atoms with van der Waals surface area (Å²) in [4.78, 5) is 12.4. The molecule has 0 saturated heterocycles. The SMILES string of the molecule is C[C@]12CCCC[C@@H]1CC[C@H]1[C@H]2CC[C@@]2(C)C(=O)CC[C@H]12. The van der Waals surface area contributed by atoms with Crippen molar-refractivity contribution in [2.75, 3.05) is 0 Å². The molecular formula is C19H30O. The summed E-state index contributed by atoms with van der Waals surface area (Å²) in [6.07, 6.45) is 13.4. The highest BCUT2D eigenvalue weighted by molar-refractivity contribution is 5.87. The Labute approximate surface area is 123 Å². The number of hydrogen-bond donors (Lipinski definition) is 0. The number of ketones is 1. The van der Waals surface area contributed by atoms with Crippen LogP contribution in [0.1, 0.15) is 78.1 Å². The molecule has 4 aliphatic rings. The summed E-state index contributed by atoms with van der Waals surface area (Å²) < 4.78 is 0. The molecule has 1 heteroatoms. The molecule has 0 aromatic rings. The van der Waals surface area contributed by atoms with Gasteiger partial charge in [0.1, 0.15) is 5.78 Å². The quantitative estimate of drug-likeness (QED) is 0.608. The molecule has 1 nitrogen and oxygen atoms in total. The molecule has 4 saturated carbocycles. The lowest BCUT2D eigenvalue weighted by molar-refractivity contribution is -0.138. The van der Waals surface area contributed by atoms with Crippen LogP contribution in [0.15, 0.2) is 0 Å². The summed E-state index contributed by atoms with van der Waals surface area (Å²) >= 11 is 0. The van der Waals surface area contributed by atoms with Crippen LogP contribution in [0.2, 0.25) is 0 Å². The van der Waals surface area contributed by atoms with Gasteiger partial charge in [-0.15, -0.1) is 0 Å². The van der Waals surface area contributed by atoms with Crippen molar-refractivity contribution >= 4 is 5.78 Å². The van der Waals surface area contributed by atoms with E-state index in [1.54, 1.807) is 0 Å². The van der Waals surface area contributed by atoms with Crippen LogP contribution >= 0.6 is 0 Å². The van der Waals surface area contributed by atoms with Gasteiger partial charge in [-0.2, -0.15) is 0 Å². The van der Waals surface area contributed by atoms with Crippen LogP contribution in [0.25, 0.3) is 0 Å². The fraction of sp³-hybridized carbons (Fsp3) is 0.947. The van der Waals surface area contributed by atoms with Crippen LogP contribution in [0.3, 0.4) is 0 Å². The Morgan fingerprint density at radius 3 is 2.60 bits per heavy atom. The van der Waals surface area contributed by atoms with Crippen molar-refractivity contribution in [3.8, 4) is 0 Å². The maximum absolute atomic E-state index is 12.4. The number of carbonyl (C=O) groups is 1. The third-order valence-corrected chi connectivity index (χ3v) is 8.29.